The average Bonchev–Trinajstić information content (AvgIpc) is 2.58. The highest BCUT2D eigenvalue weighted by Gasteiger charge is 2.27. The highest BCUT2D eigenvalue weighted by Crippen LogP contribution is 2.32. The Bertz CT molecular complexity index is 900. The number of nitrogens with two attached hydrogens (primary N) is 2. The van der Waals surface area contributed by atoms with E-state index in [1.54, 1.807) is 18.3 Å². The maximum Gasteiger partial charge on any atom is 0.250 e. The second-order valence-corrected chi connectivity index (χ2v) is 6.73. The molecule has 0 fully saturated rings. The van der Waals surface area contributed by atoms with E-state index in [9.17, 15) is 4.79 Å². The van der Waals surface area contributed by atoms with Gasteiger partial charge in [0.1, 0.15) is 0 Å². The summed E-state index contributed by atoms with van der Waals surface area (Å²) >= 11 is 0. The molecule has 0 aliphatic carbocycles. The van der Waals surface area contributed by atoms with E-state index in [-0.39, 0.29) is 6.04 Å². The standard InChI is InChI=1S/C20H22N4O/c1-20(2,22)18(13-7-4-3-5-8-13)24-16-11-12-23-17-14(16)9-6-10-15(17)19(21)25/h3-12,18H,22H2,1-2H3,(H2,21,25)(H,23,24)/t18-/m0/s1. The van der Waals surface area contributed by atoms with Gasteiger partial charge >= 0.3 is 0 Å². The molecule has 0 bridgehead atoms. The molecule has 1 aromatic heterocycles. The Morgan fingerprint density at radius 1 is 1.08 bits per heavy atom. The van der Waals surface area contributed by atoms with Crippen molar-refractivity contribution in [1.82, 2.24) is 4.98 Å². The van der Waals surface area contributed by atoms with Crippen molar-refractivity contribution in [2.75, 3.05) is 5.32 Å². The lowest BCUT2D eigenvalue weighted by atomic mass is 9.89. The Labute approximate surface area is 147 Å². The lowest BCUT2D eigenvalue weighted by Crippen LogP contribution is -2.43. The number of nitrogens with one attached hydrogen (secondary N) is 1. The topological polar surface area (TPSA) is 94.0 Å². The third-order valence-corrected chi connectivity index (χ3v) is 4.21. The molecule has 0 spiro atoms. The van der Waals surface area contributed by atoms with Gasteiger partial charge in [0.2, 0.25) is 0 Å². The summed E-state index contributed by atoms with van der Waals surface area (Å²) in [6, 6.07) is 17.2. The molecule has 5 nitrogen and oxygen atoms in total. The lowest BCUT2D eigenvalue weighted by Gasteiger charge is -2.33. The van der Waals surface area contributed by atoms with Gasteiger partial charge in [-0.3, -0.25) is 9.78 Å². The number of aromatic nitrogens is 1. The van der Waals surface area contributed by atoms with Gasteiger partial charge in [-0.15, -0.1) is 0 Å². The first-order chi connectivity index (χ1) is 11.9. The molecule has 1 atom stereocenters. The van der Waals surface area contributed by atoms with Crippen LogP contribution in [0.2, 0.25) is 0 Å². The molecule has 0 aliphatic heterocycles. The average molecular weight is 334 g/mol. The number of hydrogen-bond acceptors (Lipinski definition) is 4. The summed E-state index contributed by atoms with van der Waals surface area (Å²) in [5.41, 5.74) is 14.3. The fraction of sp³-hybridized carbons (Fsp3) is 0.200. The Morgan fingerprint density at radius 3 is 2.44 bits per heavy atom. The van der Waals surface area contributed by atoms with Gasteiger partial charge in [-0.25, -0.2) is 0 Å². The van der Waals surface area contributed by atoms with Gasteiger partial charge in [0, 0.05) is 22.8 Å². The van der Waals surface area contributed by atoms with E-state index in [0.29, 0.717) is 11.1 Å². The Hall–Kier alpha value is -2.92. The second kappa shape index (κ2) is 6.53. The summed E-state index contributed by atoms with van der Waals surface area (Å²) in [5, 5.41) is 4.36. The fourth-order valence-corrected chi connectivity index (χ4v) is 3.00. The maximum absolute atomic E-state index is 11.7. The van der Waals surface area contributed by atoms with Crippen LogP contribution in [0.25, 0.3) is 10.9 Å². The number of para-hydroxylation sites is 1. The number of primary amides is 1. The van der Waals surface area contributed by atoms with Crippen molar-refractivity contribution in [2.45, 2.75) is 25.4 Å². The number of carbonyl (C=O) groups is 1. The van der Waals surface area contributed by atoms with E-state index in [0.717, 1.165) is 16.6 Å². The largest absolute Gasteiger partial charge is 0.376 e. The Balaban J connectivity index is 2.10. The number of hydrogen-bond donors (Lipinski definition) is 3. The summed E-state index contributed by atoms with van der Waals surface area (Å²) < 4.78 is 0. The molecule has 2 aromatic carbocycles. The molecule has 0 radical (unpaired) electrons. The van der Waals surface area contributed by atoms with E-state index in [1.165, 1.54) is 0 Å². The minimum atomic E-state index is -0.502. The molecule has 1 heterocycles. The summed E-state index contributed by atoms with van der Waals surface area (Å²) in [6.07, 6.45) is 1.67. The van der Waals surface area contributed by atoms with E-state index in [2.05, 4.69) is 10.3 Å². The van der Waals surface area contributed by atoms with Gasteiger partial charge in [-0.1, -0.05) is 42.5 Å². The molecule has 0 unspecified atom stereocenters. The maximum atomic E-state index is 11.7. The van der Waals surface area contributed by atoms with E-state index in [4.69, 9.17) is 11.5 Å². The zero-order valence-corrected chi connectivity index (χ0v) is 14.4. The summed E-state index contributed by atoms with van der Waals surface area (Å²) in [5.74, 6) is -0.492. The molecule has 5 heteroatoms. The first-order valence-corrected chi connectivity index (χ1v) is 8.16. The van der Waals surface area contributed by atoms with Crippen LogP contribution in [0.3, 0.4) is 0 Å². The van der Waals surface area contributed by atoms with Crippen molar-refractivity contribution < 1.29 is 4.79 Å². The monoisotopic (exact) mass is 334 g/mol. The van der Waals surface area contributed by atoms with Crippen LogP contribution in [-0.2, 0) is 0 Å². The molecule has 3 aromatic rings. The normalized spacial score (nSPS) is 12.8. The smallest absolute Gasteiger partial charge is 0.250 e. The van der Waals surface area contributed by atoms with Crippen LogP contribution in [0.1, 0.15) is 35.8 Å². The predicted octanol–water partition coefficient (Wildman–Crippen LogP) is 3.22. The van der Waals surface area contributed by atoms with Crippen LogP contribution in [0.15, 0.2) is 60.8 Å². The van der Waals surface area contributed by atoms with Crippen molar-refractivity contribution in [3.05, 3.63) is 71.9 Å². The Morgan fingerprint density at radius 2 is 1.80 bits per heavy atom. The second-order valence-electron chi connectivity index (χ2n) is 6.73. The highest BCUT2D eigenvalue weighted by atomic mass is 16.1. The number of carbonyl (C=O) groups excluding carboxylic acids is 1. The van der Waals surface area contributed by atoms with Gasteiger partial charge in [0.25, 0.3) is 5.91 Å². The minimum Gasteiger partial charge on any atom is -0.376 e. The molecule has 1 amide bonds. The van der Waals surface area contributed by atoms with Crippen LogP contribution < -0.4 is 16.8 Å². The van der Waals surface area contributed by atoms with Crippen molar-refractivity contribution in [2.24, 2.45) is 11.5 Å². The van der Waals surface area contributed by atoms with E-state index >= 15 is 0 Å². The zero-order valence-electron chi connectivity index (χ0n) is 14.4. The van der Waals surface area contributed by atoms with Crippen molar-refractivity contribution in [3.63, 3.8) is 0 Å². The van der Waals surface area contributed by atoms with Gasteiger partial charge in [0.05, 0.1) is 17.1 Å². The van der Waals surface area contributed by atoms with Crippen molar-refractivity contribution >= 4 is 22.5 Å². The van der Waals surface area contributed by atoms with Crippen LogP contribution >= 0.6 is 0 Å². The number of rotatable bonds is 5. The molecule has 3 rings (SSSR count). The van der Waals surface area contributed by atoms with Gasteiger partial charge < -0.3 is 16.8 Å². The van der Waals surface area contributed by atoms with Crippen molar-refractivity contribution in [1.29, 1.82) is 0 Å². The third-order valence-electron chi connectivity index (χ3n) is 4.21. The number of anilines is 1. The summed E-state index contributed by atoms with van der Waals surface area (Å²) in [4.78, 5) is 16.0. The molecule has 0 saturated carbocycles. The minimum absolute atomic E-state index is 0.114. The molecule has 25 heavy (non-hydrogen) atoms. The molecule has 128 valence electrons. The van der Waals surface area contributed by atoms with Crippen LogP contribution in [-0.4, -0.2) is 16.4 Å². The predicted molar refractivity (Wildman–Crippen MR) is 101 cm³/mol. The van der Waals surface area contributed by atoms with E-state index in [1.807, 2.05) is 56.3 Å². The SMILES string of the molecule is CC(C)(N)[C@@H](Nc1ccnc2c(C(N)=O)cccc12)c1ccccc1. The highest BCUT2D eigenvalue weighted by molar-refractivity contribution is 6.07. The molecular formula is C20H22N4O. The van der Waals surface area contributed by atoms with E-state index < -0.39 is 11.4 Å². The number of nitrogens with zero attached hydrogens (tertiary/aromatic N) is 1. The molecule has 0 aliphatic rings. The molecular weight excluding hydrogens is 312 g/mol. The van der Waals surface area contributed by atoms with Crippen LogP contribution in [0.5, 0.6) is 0 Å². The van der Waals surface area contributed by atoms with Gasteiger partial charge in [-0.2, -0.15) is 0 Å². The lowest BCUT2D eigenvalue weighted by molar-refractivity contribution is 0.100. The number of fused-ring (bicyclic) bond motifs is 1. The van der Waals surface area contributed by atoms with Gasteiger partial charge in [-0.05, 0) is 31.5 Å². The first-order valence-electron chi connectivity index (χ1n) is 8.16. The summed E-state index contributed by atoms with van der Waals surface area (Å²) in [7, 11) is 0. The van der Waals surface area contributed by atoms with Crippen LogP contribution in [0, 0.1) is 0 Å². The molecule has 0 saturated heterocycles. The van der Waals surface area contributed by atoms with Crippen molar-refractivity contribution in [3.8, 4) is 0 Å². The number of pyridine rings is 1. The van der Waals surface area contributed by atoms with Crippen LogP contribution in [0.4, 0.5) is 5.69 Å². The quantitative estimate of drug-likeness (QED) is 0.668. The first kappa shape index (κ1) is 16.9. The van der Waals surface area contributed by atoms with Gasteiger partial charge in [0.15, 0.2) is 0 Å². The zero-order chi connectivity index (χ0) is 18.0. The fourth-order valence-electron chi connectivity index (χ4n) is 3.00. The number of benzene rings is 2. The Kier molecular flexibility index (Phi) is 4.42. The number of amides is 1. The summed E-state index contributed by atoms with van der Waals surface area (Å²) in [6.45, 7) is 3.96. The third kappa shape index (κ3) is 3.46. The molecule has 5 N–H and O–H groups in total.